The summed E-state index contributed by atoms with van der Waals surface area (Å²) in [5.41, 5.74) is 0.645. The van der Waals surface area contributed by atoms with Crippen LogP contribution in [0.25, 0.3) is 0 Å². The van der Waals surface area contributed by atoms with Crippen molar-refractivity contribution in [3.05, 3.63) is 11.1 Å². The van der Waals surface area contributed by atoms with E-state index < -0.39 is 0 Å². The molecule has 25 heavy (non-hydrogen) atoms. The molecule has 4 amide bonds. The Morgan fingerprint density at radius 1 is 1.24 bits per heavy atom. The fourth-order valence-electron chi connectivity index (χ4n) is 2.74. The fraction of sp³-hybridized carbons (Fsp3) is 0.625. The second-order valence-corrected chi connectivity index (χ2v) is 7.33. The van der Waals surface area contributed by atoms with E-state index in [0.29, 0.717) is 42.8 Å². The zero-order valence-corrected chi connectivity index (χ0v) is 15.0. The van der Waals surface area contributed by atoms with Crippen LogP contribution < -0.4 is 16.0 Å². The third-order valence-corrected chi connectivity index (χ3v) is 5.27. The average Bonchev–Trinajstić information content (AvgIpc) is 3.33. The van der Waals surface area contributed by atoms with E-state index in [0.717, 1.165) is 12.8 Å². The number of carbonyl (C=O) groups excluding carboxylic acids is 3. The molecule has 0 bridgehead atoms. The van der Waals surface area contributed by atoms with Crippen LogP contribution in [0, 0.1) is 5.92 Å². The van der Waals surface area contributed by atoms with E-state index in [1.54, 1.807) is 17.3 Å². The molecule has 1 aromatic heterocycles. The number of likely N-dealkylation sites (N-methyl/N-ethyl adjacent to an activating group) is 1. The van der Waals surface area contributed by atoms with Gasteiger partial charge in [-0.05, 0) is 25.7 Å². The van der Waals surface area contributed by atoms with Gasteiger partial charge in [0.05, 0.1) is 12.1 Å². The van der Waals surface area contributed by atoms with E-state index in [9.17, 15) is 14.4 Å². The second-order valence-electron chi connectivity index (χ2n) is 6.47. The maximum atomic E-state index is 12.4. The molecule has 0 aromatic carbocycles. The maximum absolute atomic E-state index is 12.4. The smallest absolute Gasteiger partial charge is 0.317 e. The molecule has 136 valence electrons. The number of nitrogens with zero attached hydrogens (tertiary/aromatic N) is 2. The van der Waals surface area contributed by atoms with Gasteiger partial charge >= 0.3 is 6.03 Å². The van der Waals surface area contributed by atoms with Gasteiger partial charge in [-0.25, -0.2) is 9.78 Å². The zero-order valence-electron chi connectivity index (χ0n) is 14.2. The number of amides is 4. The van der Waals surface area contributed by atoms with Gasteiger partial charge in [0, 0.05) is 37.5 Å². The molecule has 2 heterocycles. The van der Waals surface area contributed by atoms with Crippen LogP contribution in [0.4, 0.5) is 9.93 Å². The highest BCUT2D eigenvalue weighted by molar-refractivity contribution is 7.13. The van der Waals surface area contributed by atoms with Gasteiger partial charge in [-0.15, -0.1) is 11.3 Å². The fourth-order valence-corrected chi connectivity index (χ4v) is 3.46. The van der Waals surface area contributed by atoms with Crippen molar-refractivity contribution in [1.82, 2.24) is 20.5 Å². The minimum Gasteiger partial charge on any atom is -0.359 e. The highest BCUT2D eigenvalue weighted by atomic mass is 32.1. The molecule has 1 aliphatic heterocycles. The lowest BCUT2D eigenvalue weighted by atomic mass is 9.96. The van der Waals surface area contributed by atoms with Crippen molar-refractivity contribution in [3.63, 3.8) is 0 Å². The number of hydrogen-bond acceptors (Lipinski definition) is 5. The van der Waals surface area contributed by atoms with Crippen molar-refractivity contribution < 1.29 is 14.4 Å². The Labute approximate surface area is 150 Å². The number of anilines is 1. The SMILES string of the molecule is CNC(=O)Cc1csc(NC(=O)C2CCN(C(=O)NC3CC3)CC2)n1. The van der Waals surface area contributed by atoms with E-state index in [1.807, 2.05) is 0 Å². The first-order chi connectivity index (χ1) is 12.0. The van der Waals surface area contributed by atoms with E-state index in [-0.39, 0.29) is 30.2 Å². The van der Waals surface area contributed by atoms with Crippen LogP contribution in [0.1, 0.15) is 31.4 Å². The summed E-state index contributed by atoms with van der Waals surface area (Å²) < 4.78 is 0. The Balaban J connectivity index is 1.44. The summed E-state index contributed by atoms with van der Waals surface area (Å²) in [6.07, 6.45) is 3.65. The summed E-state index contributed by atoms with van der Waals surface area (Å²) >= 11 is 1.32. The first kappa shape index (κ1) is 17.7. The molecule has 3 N–H and O–H groups in total. The molecule has 1 aromatic rings. The van der Waals surface area contributed by atoms with Gasteiger partial charge in [-0.3, -0.25) is 9.59 Å². The molecule has 0 radical (unpaired) electrons. The van der Waals surface area contributed by atoms with E-state index in [4.69, 9.17) is 0 Å². The van der Waals surface area contributed by atoms with E-state index >= 15 is 0 Å². The van der Waals surface area contributed by atoms with Crippen molar-refractivity contribution in [2.45, 2.75) is 38.1 Å². The molecule has 0 spiro atoms. The van der Waals surface area contributed by atoms with Gasteiger partial charge in [-0.2, -0.15) is 0 Å². The molecular formula is C16H23N5O3S. The normalized spacial score (nSPS) is 17.9. The first-order valence-electron chi connectivity index (χ1n) is 8.56. The molecule has 0 atom stereocenters. The minimum absolute atomic E-state index is 0.0138. The molecule has 1 aliphatic carbocycles. The Kier molecular flexibility index (Phi) is 5.52. The lowest BCUT2D eigenvalue weighted by Gasteiger charge is -2.31. The Morgan fingerprint density at radius 3 is 2.60 bits per heavy atom. The summed E-state index contributed by atoms with van der Waals surface area (Å²) in [4.78, 5) is 41.8. The number of rotatable bonds is 5. The van der Waals surface area contributed by atoms with Gasteiger partial charge in [0.1, 0.15) is 0 Å². The Morgan fingerprint density at radius 2 is 1.96 bits per heavy atom. The Hall–Kier alpha value is -2.16. The quantitative estimate of drug-likeness (QED) is 0.723. The predicted molar refractivity (Wildman–Crippen MR) is 94.4 cm³/mol. The number of aromatic nitrogens is 1. The number of piperidine rings is 1. The maximum Gasteiger partial charge on any atom is 0.317 e. The van der Waals surface area contributed by atoms with Gasteiger partial charge in [0.2, 0.25) is 11.8 Å². The van der Waals surface area contributed by atoms with Crippen LogP contribution in [0.3, 0.4) is 0 Å². The topological polar surface area (TPSA) is 103 Å². The van der Waals surface area contributed by atoms with Crippen molar-refractivity contribution in [2.75, 3.05) is 25.5 Å². The summed E-state index contributed by atoms with van der Waals surface area (Å²) in [5, 5.41) is 10.6. The van der Waals surface area contributed by atoms with Crippen LogP contribution in [0.15, 0.2) is 5.38 Å². The highest BCUT2D eigenvalue weighted by Gasteiger charge is 2.30. The molecule has 2 aliphatic rings. The molecule has 0 unspecified atom stereocenters. The molecule has 9 heteroatoms. The van der Waals surface area contributed by atoms with Crippen LogP contribution in [0.2, 0.25) is 0 Å². The molecule has 1 saturated carbocycles. The van der Waals surface area contributed by atoms with Gasteiger partial charge in [0.25, 0.3) is 0 Å². The number of hydrogen-bond donors (Lipinski definition) is 3. The van der Waals surface area contributed by atoms with Crippen LogP contribution in [0.5, 0.6) is 0 Å². The second kappa shape index (κ2) is 7.81. The predicted octanol–water partition coefficient (Wildman–Crippen LogP) is 0.954. The summed E-state index contributed by atoms with van der Waals surface area (Å²) in [6, 6.07) is 0.336. The van der Waals surface area contributed by atoms with Crippen molar-refractivity contribution in [3.8, 4) is 0 Å². The van der Waals surface area contributed by atoms with Crippen LogP contribution in [-0.2, 0) is 16.0 Å². The molecular weight excluding hydrogens is 342 g/mol. The van der Waals surface area contributed by atoms with Crippen LogP contribution in [-0.4, -0.2) is 53.9 Å². The van der Waals surface area contributed by atoms with E-state index in [2.05, 4.69) is 20.9 Å². The number of likely N-dealkylation sites (tertiary alicyclic amines) is 1. The third kappa shape index (κ3) is 4.91. The molecule has 3 rings (SSSR count). The van der Waals surface area contributed by atoms with Crippen molar-refractivity contribution >= 4 is 34.3 Å². The summed E-state index contributed by atoms with van der Waals surface area (Å²) in [5.74, 6) is -0.292. The molecule has 8 nitrogen and oxygen atoms in total. The standard InChI is InChI=1S/C16H23N5O3S/c1-17-13(22)8-12-9-25-15(18-12)20-14(23)10-4-6-21(7-5-10)16(24)19-11-2-3-11/h9-11H,2-8H2,1H3,(H,17,22)(H,19,24)(H,18,20,23). The largest absolute Gasteiger partial charge is 0.359 e. The number of carbonyl (C=O) groups is 3. The zero-order chi connectivity index (χ0) is 17.8. The highest BCUT2D eigenvalue weighted by Crippen LogP contribution is 2.23. The molecule has 1 saturated heterocycles. The van der Waals surface area contributed by atoms with Gasteiger partial charge in [0.15, 0.2) is 5.13 Å². The average molecular weight is 365 g/mol. The number of nitrogens with one attached hydrogen (secondary N) is 3. The first-order valence-corrected chi connectivity index (χ1v) is 9.44. The lowest BCUT2D eigenvalue weighted by Crippen LogP contribution is -2.46. The van der Waals surface area contributed by atoms with Gasteiger partial charge < -0.3 is 20.9 Å². The van der Waals surface area contributed by atoms with Gasteiger partial charge in [-0.1, -0.05) is 0 Å². The summed E-state index contributed by atoms with van der Waals surface area (Å²) in [7, 11) is 1.58. The monoisotopic (exact) mass is 365 g/mol. The van der Waals surface area contributed by atoms with Crippen LogP contribution >= 0.6 is 11.3 Å². The van der Waals surface area contributed by atoms with Crippen molar-refractivity contribution in [1.29, 1.82) is 0 Å². The Bertz CT molecular complexity index is 650. The molecule has 2 fully saturated rings. The van der Waals surface area contributed by atoms with E-state index in [1.165, 1.54) is 11.3 Å². The van der Waals surface area contributed by atoms with Crippen molar-refractivity contribution in [2.24, 2.45) is 5.92 Å². The lowest BCUT2D eigenvalue weighted by molar-refractivity contribution is -0.121. The number of urea groups is 1. The number of thiazole rings is 1. The summed E-state index contributed by atoms with van der Waals surface area (Å²) in [6.45, 7) is 1.19. The minimum atomic E-state index is -0.115. The third-order valence-electron chi connectivity index (χ3n) is 4.46.